The molecule has 5 heteroatoms. The molecule has 1 heterocycles. The third-order valence-corrected chi connectivity index (χ3v) is 4.96. The van der Waals surface area contributed by atoms with Crippen molar-refractivity contribution in [3.05, 3.63) is 64.4 Å². The summed E-state index contributed by atoms with van der Waals surface area (Å²) >= 11 is 6.19. The van der Waals surface area contributed by atoms with Gasteiger partial charge in [0.25, 0.3) is 0 Å². The molecule has 2 aromatic rings. The first-order valence-electron chi connectivity index (χ1n) is 8.02. The summed E-state index contributed by atoms with van der Waals surface area (Å²) in [6, 6.07) is 11.9. The Morgan fingerprint density at radius 3 is 2.54 bits per heavy atom. The fraction of sp³-hybridized carbons (Fsp3) is 0.316. The van der Waals surface area contributed by atoms with Crippen LogP contribution in [0.4, 0.5) is 10.1 Å². The lowest BCUT2D eigenvalue weighted by atomic mass is 10.1. The Hall–Kier alpha value is -1.91. The molecular weight excluding hydrogens is 327 g/mol. The van der Waals surface area contributed by atoms with Crippen LogP contribution in [-0.4, -0.2) is 29.9 Å². The van der Waals surface area contributed by atoms with Gasteiger partial charge in [0.2, 0.25) is 5.91 Å². The van der Waals surface area contributed by atoms with E-state index in [4.69, 9.17) is 11.6 Å². The van der Waals surface area contributed by atoms with Crippen molar-refractivity contribution < 1.29 is 9.18 Å². The molecule has 0 N–H and O–H groups in total. The fourth-order valence-corrected chi connectivity index (χ4v) is 3.14. The number of halogens is 2. The molecule has 0 saturated carbocycles. The molecule has 1 aliphatic rings. The van der Waals surface area contributed by atoms with Crippen LogP contribution in [0.25, 0.3) is 0 Å². The summed E-state index contributed by atoms with van der Waals surface area (Å²) in [6.45, 7) is 5.86. The first kappa shape index (κ1) is 16.9. The van der Waals surface area contributed by atoms with Crippen molar-refractivity contribution in [2.24, 2.45) is 0 Å². The number of aryl methyl sites for hydroxylation is 1. The molecule has 3 rings (SSSR count). The van der Waals surface area contributed by atoms with Crippen LogP contribution in [-0.2, 0) is 11.3 Å². The van der Waals surface area contributed by atoms with Crippen molar-refractivity contribution >= 4 is 23.2 Å². The van der Waals surface area contributed by atoms with E-state index in [-0.39, 0.29) is 17.8 Å². The van der Waals surface area contributed by atoms with Gasteiger partial charge in [0.15, 0.2) is 0 Å². The molecule has 2 aromatic carbocycles. The van der Waals surface area contributed by atoms with Crippen LogP contribution in [0.2, 0.25) is 5.02 Å². The van der Waals surface area contributed by atoms with E-state index >= 15 is 0 Å². The first-order chi connectivity index (χ1) is 11.5. The van der Waals surface area contributed by atoms with Gasteiger partial charge in [0, 0.05) is 30.3 Å². The van der Waals surface area contributed by atoms with Crippen molar-refractivity contribution in [2.45, 2.75) is 26.4 Å². The highest BCUT2D eigenvalue weighted by Crippen LogP contribution is 2.26. The quantitative estimate of drug-likeness (QED) is 0.838. The Morgan fingerprint density at radius 1 is 1.17 bits per heavy atom. The average Bonchev–Trinajstić information content (AvgIpc) is 2.57. The smallest absolute Gasteiger partial charge is 0.244 e. The van der Waals surface area contributed by atoms with Gasteiger partial charge in [-0.3, -0.25) is 9.69 Å². The third-order valence-electron chi connectivity index (χ3n) is 4.55. The fourth-order valence-electron chi connectivity index (χ4n) is 2.96. The predicted octanol–water partition coefficient (Wildman–Crippen LogP) is 4.02. The molecule has 1 saturated heterocycles. The molecule has 0 aliphatic carbocycles. The summed E-state index contributed by atoms with van der Waals surface area (Å²) < 4.78 is 13.0. The average molecular weight is 347 g/mol. The second kappa shape index (κ2) is 6.91. The van der Waals surface area contributed by atoms with E-state index in [9.17, 15) is 9.18 Å². The van der Waals surface area contributed by atoms with Crippen molar-refractivity contribution in [3.63, 3.8) is 0 Å². The highest BCUT2D eigenvalue weighted by Gasteiger charge is 2.32. The first-order valence-corrected chi connectivity index (χ1v) is 8.39. The van der Waals surface area contributed by atoms with Crippen LogP contribution in [0.3, 0.4) is 0 Å². The maximum absolute atomic E-state index is 13.0. The van der Waals surface area contributed by atoms with Gasteiger partial charge in [0.1, 0.15) is 5.82 Å². The number of carbonyl (C=O) groups is 1. The van der Waals surface area contributed by atoms with E-state index in [1.165, 1.54) is 12.1 Å². The second-order valence-electron chi connectivity index (χ2n) is 6.20. The number of carbonyl (C=O) groups excluding carboxylic acids is 1. The van der Waals surface area contributed by atoms with Crippen molar-refractivity contribution in [2.75, 3.05) is 18.0 Å². The Morgan fingerprint density at radius 2 is 1.88 bits per heavy atom. The number of hydrogen-bond acceptors (Lipinski definition) is 2. The van der Waals surface area contributed by atoms with Crippen LogP contribution in [0.5, 0.6) is 0 Å². The number of nitrogens with zero attached hydrogens (tertiary/aromatic N) is 2. The van der Waals surface area contributed by atoms with Gasteiger partial charge in [-0.15, -0.1) is 0 Å². The van der Waals surface area contributed by atoms with Gasteiger partial charge in [-0.25, -0.2) is 4.39 Å². The predicted molar refractivity (Wildman–Crippen MR) is 94.8 cm³/mol. The minimum Gasteiger partial charge on any atom is -0.310 e. The number of hydrogen-bond donors (Lipinski definition) is 0. The van der Waals surface area contributed by atoms with Crippen molar-refractivity contribution in [1.29, 1.82) is 0 Å². The van der Waals surface area contributed by atoms with Gasteiger partial charge in [-0.2, -0.15) is 0 Å². The lowest BCUT2D eigenvalue weighted by Crippen LogP contribution is -2.55. The second-order valence-corrected chi connectivity index (χ2v) is 6.60. The van der Waals surface area contributed by atoms with Gasteiger partial charge in [-0.1, -0.05) is 29.8 Å². The summed E-state index contributed by atoms with van der Waals surface area (Å²) in [5.74, 6) is -0.188. The van der Waals surface area contributed by atoms with E-state index in [1.807, 2.05) is 32.0 Å². The third kappa shape index (κ3) is 3.45. The summed E-state index contributed by atoms with van der Waals surface area (Å²) in [4.78, 5) is 16.7. The van der Waals surface area contributed by atoms with Crippen LogP contribution in [0, 0.1) is 12.7 Å². The summed E-state index contributed by atoms with van der Waals surface area (Å²) in [5.41, 5.74) is 2.84. The maximum Gasteiger partial charge on any atom is 0.244 e. The number of anilines is 1. The molecular formula is C19H20ClFN2O. The van der Waals surface area contributed by atoms with Crippen LogP contribution < -0.4 is 4.90 Å². The molecule has 126 valence electrons. The highest BCUT2D eigenvalue weighted by molar-refractivity contribution is 6.31. The Balaban J connectivity index is 1.73. The zero-order valence-corrected chi connectivity index (χ0v) is 14.6. The molecule has 0 radical (unpaired) electrons. The standard InChI is InChI=1S/C19H20ClFN2O/c1-13-3-8-17(11-18(13)20)23-10-9-22(14(2)19(23)24)12-15-4-6-16(21)7-5-15/h3-8,11,14H,9-10,12H2,1-2H3. The monoisotopic (exact) mass is 346 g/mol. The molecule has 1 unspecified atom stereocenters. The van der Waals surface area contributed by atoms with Gasteiger partial charge >= 0.3 is 0 Å². The zero-order chi connectivity index (χ0) is 17.3. The number of amides is 1. The van der Waals surface area contributed by atoms with Crippen molar-refractivity contribution in [1.82, 2.24) is 4.90 Å². The molecule has 1 amide bonds. The molecule has 1 aliphatic heterocycles. The van der Waals surface area contributed by atoms with E-state index in [2.05, 4.69) is 4.90 Å². The minimum atomic E-state index is -0.246. The summed E-state index contributed by atoms with van der Waals surface area (Å²) in [7, 11) is 0. The molecule has 1 fully saturated rings. The minimum absolute atomic E-state index is 0.0586. The van der Waals surface area contributed by atoms with Crippen molar-refractivity contribution in [3.8, 4) is 0 Å². The van der Waals surface area contributed by atoms with Crippen LogP contribution >= 0.6 is 11.6 Å². The van der Waals surface area contributed by atoms with Gasteiger partial charge in [-0.05, 0) is 49.2 Å². The summed E-state index contributed by atoms with van der Waals surface area (Å²) in [5, 5.41) is 0.668. The number of piperazine rings is 1. The lowest BCUT2D eigenvalue weighted by molar-refractivity contribution is -0.125. The normalized spacial score (nSPS) is 18.9. The van der Waals surface area contributed by atoms with E-state index in [0.717, 1.165) is 23.4 Å². The Labute approximate surface area is 146 Å². The van der Waals surface area contributed by atoms with Gasteiger partial charge < -0.3 is 4.90 Å². The number of rotatable bonds is 3. The molecule has 0 spiro atoms. The summed E-state index contributed by atoms with van der Waals surface area (Å²) in [6.07, 6.45) is 0. The molecule has 3 nitrogen and oxygen atoms in total. The van der Waals surface area contributed by atoms with E-state index in [0.29, 0.717) is 18.1 Å². The van der Waals surface area contributed by atoms with Crippen LogP contribution in [0.15, 0.2) is 42.5 Å². The molecule has 1 atom stereocenters. The molecule has 24 heavy (non-hydrogen) atoms. The Bertz CT molecular complexity index is 748. The lowest BCUT2D eigenvalue weighted by Gasteiger charge is -2.39. The van der Waals surface area contributed by atoms with Gasteiger partial charge in [0.05, 0.1) is 6.04 Å². The zero-order valence-electron chi connectivity index (χ0n) is 13.8. The number of benzene rings is 2. The SMILES string of the molecule is Cc1ccc(N2CCN(Cc3ccc(F)cc3)C(C)C2=O)cc1Cl. The van der Waals surface area contributed by atoms with E-state index < -0.39 is 0 Å². The molecule has 0 bridgehead atoms. The van der Waals surface area contributed by atoms with E-state index in [1.54, 1.807) is 17.0 Å². The van der Waals surface area contributed by atoms with Crippen LogP contribution in [0.1, 0.15) is 18.1 Å². The highest BCUT2D eigenvalue weighted by atomic mass is 35.5. The largest absolute Gasteiger partial charge is 0.310 e. The maximum atomic E-state index is 13.0. The topological polar surface area (TPSA) is 23.6 Å². The molecule has 0 aromatic heterocycles. The Kier molecular flexibility index (Phi) is 4.88.